The highest BCUT2D eigenvalue weighted by atomic mass is 32.2. The zero-order chi connectivity index (χ0) is 14.4. The van der Waals surface area contributed by atoms with Crippen LogP contribution in [0.4, 0.5) is 0 Å². The van der Waals surface area contributed by atoms with E-state index in [9.17, 15) is 5.11 Å². The summed E-state index contributed by atoms with van der Waals surface area (Å²) in [5, 5.41) is 11.8. The third kappa shape index (κ3) is 1.97. The number of hydrogen-bond donors (Lipinski definition) is 1. The maximum absolute atomic E-state index is 9.65. The van der Waals surface area contributed by atoms with E-state index in [0.717, 1.165) is 44.2 Å². The molecule has 108 valence electrons. The highest BCUT2D eigenvalue weighted by Crippen LogP contribution is 2.45. The van der Waals surface area contributed by atoms with Crippen molar-refractivity contribution >= 4 is 44.0 Å². The van der Waals surface area contributed by atoms with E-state index in [1.807, 2.05) is 12.1 Å². The fourth-order valence-corrected chi connectivity index (χ4v) is 5.07. The maximum Gasteiger partial charge on any atom is 0.168 e. The molecule has 3 heterocycles. The first-order valence-corrected chi connectivity index (χ1v) is 8.36. The minimum Gasteiger partial charge on any atom is -0.495 e. The highest BCUT2D eigenvalue weighted by molar-refractivity contribution is 8.17. The van der Waals surface area contributed by atoms with Crippen molar-refractivity contribution in [3.63, 3.8) is 0 Å². The number of fused-ring (bicyclic) bond motifs is 2. The summed E-state index contributed by atoms with van der Waals surface area (Å²) in [5.74, 6) is 0.899. The maximum atomic E-state index is 9.65. The van der Waals surface area contributed by atoms with Crippen molar-refractivity contribution in [3.05, 3.63) is 34.0 Å². The molecule has 1 N–H and O–H groups in total. The predicted molar refractivity (Wildman–Crippen MR) is 89.0 cm³/mol. The van der Waals surface area contributed by atoms with Crippen molar-refractivity contribution in [3.8, 4) is 5.75 Å². The van der Waals surface area contributed by atoms with E-state index in [1.54, 1.807) is 30.2 Å². The number of ether oxygens (including phenoxy) is 1. The van der Waals surface area contributed by atoms with E-state index in [0.29, 0.717) is 0 Å². The Hall–Kier alpha value is -1.50. The average Bonchev–Trinajstić information content (AvgIpc) is 3.18. The number of nitrogens with zero attached hydrogens (tertiary/aromatic N) is 2. The van der Waals surface area contributed by atoms with Gasteiger partial charge in [-0.15, -0.1) is 11.3 Å². The molecule has 0 amide bonds. The van der Waals surface area contributed by atoms with Gasteiger partial charge in [0.25, 0.3) is 0 Å². The molecule has 0 spiro atoms. The summed E-state index contributed by atoms with van der Waals surface area (Å²) >= 11 is 3.29. The summed E-state index contributed by atoms with van der Waals surface area (Å²) in [6.07, 6.45) is 0. The SMILES string of the molecule is COc1cccc2cc(C3=C(CO)SC4=NCCN43)sc12. The van der Waals surface area contributed by atoms with Crippen LogP contribution in [-0.4, -0.2) is 42.0 Å². The van der Waals surface area contributed by atoms with Crippen molar-refractivity contribution in [2.75, 3.05) is 26.8 Å². The quantitative estimate of drug-likeness (QED) is 0.945. The van der Waals surface area contributed by atoms with Crippen LogP contribution >= 0.6 is 23.1 Å². The molecule has 21 heavy (non-hydrogen) atoms. The monoisotopic (exact) mass is 318 g/mol. The molecule has 2 aliphatic heterocycles. The molecule has 0 radical (unpaired) electrons. The zero-order valence-electron chi connectivity index (χ0n) is 11.5. The molecule has 4 rings (SSSR count). The second-order valence-corrected chi connectivity index (χ2v) is 6.95. The van der Waals surface area contributed by atoms with Gasteiger partial charge in [0.05, 0.1) is 35.5 Å². The molecule has 2 aliphatic rings. The van der Waals surface area contributed by atoms with Gasteiger partial charge < -0.3 is 14.7 Å². The van der Waals surface area contributed by atoms with Crippen LogP contribution in [0.3, 0.4) is 0 Å². The van der Waals surface area contributed by atoms with E-state index < -0.39 is 0 Å². The summed E-state index contributed by atoms with van der Waals surface area (Å²) in [4.78, 5) is 8.86. The van der Waals surface area contributed by atoms with Crippen LogP contribution in [0.15, 0.2) is 34.2 Å². The molecule has 4 nitrogen and oxygen atoms in total. The number of amidine groups is 1. The Morgan fingerprint density at radius 1 is 1.43 bits per heavy atom. The van der Waals surface area contributed by atoms with Crippen molar-refractivity contribution in [2.24, 2.45) is 4.99 Å². The van der Waals surface area contributed by atoms with Crippen molar-refractivity contribution in [1.82, 2.24) is 4.90 Å². The molecule has 6 heteroatoms. The summed E-state index contributed by atoms with van der Waals surface area (Å²) in [5.41, 5.74) is 1.11. The number of aliphatic imine (C=N–C) groups is 1. The smallest absolute Gasteiger partial charge is 0.168 e. The van der Waals surface area contributed by atoms with Crippen LogP contribution in [0, 0.1) is 0 Å². The Bertz CT molecular complexity index is 779. The van der Waals surface area contributed by atoms with Gasteiger partial charge in [0, 0.05) is 11.4 Å². The topological polar surface area (TPSA) is 45.1 Å². The van der Waals surface area contributed by atoms with Crippen molar-refractivity contribution < 1.29 is 9.84 Å². The third-order valence-corrected chi connectivity index (χ3v) is 5.93. The molecule has 0 atom stereocenters. The number of rotatable bonds is 3. The number of aliphatic hydroxyl groups excluding tert-OH is 1. The number of thiophene rings is 1. The lowest BCUT2D eigenvalue weighted by Crippen LogP contribution is -2.19. The number of thioether (sulfide) groups is 1. The molecule has 0 unspecified atom stereocenters. The number of benzene rings is 1. The standard InChI is InChI=1S/C15H14N2O2S2/c1-19-10-4-2-3-9-7-11(20-14(9)10)13-12(8-18)21-15-16-5-6-17(13)15/h2-4,7,18H,5-6,8H2,1H3. The minimum atomic E-state index is 0.0564. The second-order valence-electron chi connectivity index (χ2n) is 4.84. The van der Waals surface area contributed by atoms with Gasteiger partial charge in [-0.05, 0) is 17.5 Å². The van der Waals surface area contributed by atoms with Gasteiger partial charge in [-0.25, -0.2) is 0 Å². The van der Waals surface area contributed by atoms with E-state index >= 15 is 0 Å². The third-order valence-electron chi connectivity index (χ3n) is 3.65. The summed E-state index contributed by atoms with van der Waals surface area (Å²) in [6, 6.07) is 8.26. The van der Waals surface area contributed by atoms with E-state index in [2.05, 4.69) is 22.0 Å². The molecule has 2 aromatic rings. The number of hydrogen-bond acceptors (Lipinski definition) is 6. The lowest BCUT2D eigenvalue weighted by atomic mass is 10.2. The Morgan fingerprint density at radius 3 is 3.14 bits per heavy atom. The van der Waals surface area contributed by atoms with Crippen LogP contribution in [-0.2, 0) is 0 Å². The molecular formula is C15H14N2O2S2. The Kier molecular flexibility index (Phi) is 3.17. The van der Waals surface area contributed by atoms with E-state index in [-0.39, 0.29) is 6.61 Å². The first-order valence-electron chi connectivity index (χ1n) is 6.72. The largest absolute Gasteiger partial charge is 0.495 e. The highest BCUT2D eigenvalue weighted by Gasteiger charge is 2.33. The molecule has 0 bridgehead atoms. The summed E-state index contributed by atoms with van der Waals surface area (Å²) in [7, 11) is 1.70. The van der Waals surface area contributed by atoms with Crippen LogP contribution < -0.4 is 4.74 Å². The lowest BCUT2D eigenvalue weighted by molar-refractivity contribution is 0.339. The second kappa shape index (κ2) is 5.05. The van der Waals surface area contributed by atoms with E-state index in [4.69, 9.17) is 4.74 Å². The fraction of sp³-hybridized carbons (Fsp3) is 0.267. The summed E-state index contributed by atoms with van der Waals surface area (Å²) < 4.78 is 6.59. The molecule has 0 saturated carbocycles. The lowest BCUT2D eigenvalue weighted by Gasteiger charge is -2.15. The zero-order valence-corrected chi connectivity index (χ0v) is 13.1. The van der Waals surface area contributed by atoms with Gasteiger partial charge in [-0.1, -0.05) is 23.9 Å². The average molecular weight is 318 g/mol. The number of methoxy groups -OCH3 is 1. The molecule has 0 fully saturated rings. The van der Waals surface area contributed by atoms with Gasteiger partial charge in [0.1, 0.15) is 5.75 Å². The number of aliphatic hydroxyl groups is 1. The molecule has 0 saturated heterocycles. The summed E-state index contributed by atoms with van der Waals surface area (Å²) in [6.45, 7) is 1.78. The Balaban J connectivity index is 1.87. The first-order chi connectivity index (χ1) is 10.3. The first kappa shape index (κ1) is 13.2. The van der Waals surface area contributed by atoms with Crippen molar-refractivity contribution in [2.45, 2.75) is 0 Å². The molecular weight excluding hydrogens is 304 g/mol. The van der Waals surface area contributed by atoms with Crippen LogP contribution in [0.5, 0.6) is 5.75 Å². The van der Waals surface area contributed by atoms with Gasteiger partial charge >= 0.3 is 0 Å². The Labute approximate surface area is 130 Å². The predicted octanol–water partition coefficient (Wildman–Crippen LogP) is 2.99. The molecule has 1 aromatic heterocycles. The van der Waals surface area contributed by atoms with E-state index in [1.165, 1.54) is 5.39 Å². The van der Waals surface area contributed by atoms with Crippen LogP contribution in [0.1, 0.15) is 4.88 Å². The minimum absolute atomic E-state index is 0.0564. The van der Waals surface area contributed by atoms with Crippen LogP contribution in [0.2, 0.25) is 0 Å². The van der Waals surface area contributed by atoms with Gasteiger partial charge in [0.15, 0.2) is 5.17 Å². The van der Waals surface area contributed by atoms with Gasteiger partial charge in [-0.3, -0.25) is 4.99 Å². The van der Waals surface area contributed by atoms with Gasteiger partial charge in [0.2, 0.25) is 0 Å². The van der Waals surface area contributed by atoms with Gasteiger partial charge in [-0.2, -0.15) is 0 Å². The van der Waals surface area contributed by atoms with Crippen LogP contribution in [0.25, 0.3) is 15.8 Å². The van der Waals surface area contributed by atoms with Crippen molar-refractivity contribution in [1.29, 1.82) is 0 Å². The Morgan fingerprint density at radius 2 is 2.33 bits per heavy atom. The molecule has 1 aromatic carbocycles. The molecule has 0 aliphatic carbocycles. The fourth-order valence-electron chi connectivity index (χ4n) is 2.72. The normalized spacial score (nSPS) is 17.6.